The number of aliphatic hydroxyl groups excluding tert-OH is 1. The molecule has 1 fully saturated rings. The summed E-state index contributed by atoms with van der Waals surface area (Å²) < 4.78 is 1.98. The molecule has 1 aromatic heterocycles. The number of hydrogen-bond donors (Lipinski definition) is 1. The lowest BCUT2D eigenvalue weighted by atomic mass is 9.94. The maximum Gasteiger partial charge on any atom is 0.300 e. The Hall–Kier alpha value is -4.12. The second-order valence-corrected chi connectivity index (χ2v) is 9.02. The normalized spacial score (nSPS) is 17.6. The largest absolute Gasteiger partial charge is 0.507 e. The zero-order valence-corrected chi connectivity index (χ0v) is 19.7. The number of carbonyl (C=O) groups is 2. The molecule has 0 radical (unpaired) electrons. The molecule has 34 heavy (non-hydrogen) atoms. The Kier molecular flexibility index (Phi) is 5.13. The van der Waals surface area contributed by atoms with Gasteiger partial charge in [0.15, 0.2) is 0 Å². The lowest BCUT2D eigenvalue weighted by Crippen LogP contribution is -2.29. The van der Waals surface area contributed by atoms with E-state index in [0.717, 1.165) is 33.2 Å². The molecule has 5 nitrogen and oxygen atoms in total. The first-order valence-electron chi connectivity index (χ1n) is 11.3. The van der Waals surface area contributed by atoms with E-state index in [9.17, 15) is 14.7 Å². The summed E-state index contributed by atoms with van der Waals surface area (Å²) in [6, 6.07) is 20.1. The summed E-state index contributed by atoms with van der Waals surface area (Å²) >= 11 is 0. The van der Waals surface area contributed by atoms with Gasteiger partial charge >= 0.3 is 0 Å². The number of ketones is 1. The van der Waals surface area contributed by atoms with Crippen LogP contribution in [0.4, 0.5) is 5.69 Å². The molecule has 1 amide bonds. The van der Waals surface area contributed by atoms with Crippen molar-refractivity contribution in [2.75, 3.05) is 4.90 Å². The molecule has 0 bridgehead atoms. The number of hydrogen-bond acceptors (Lipinski definition) is 3. The molecule has 2 heterocycles. The van der Waals surface area contributed by atoms with E-state index in [2.05, 4.69) is 0 Å². The third-order valence-electron chi connectivity index (χ3n) is 6.76. The van der Waals surface area contributed by atoms with Gasteiger partial charge in [0.1, 0.15) is 5.76 Å². The lowest BCUT2D eigenvalue weighted by molar-refractivity contribution is -0.132. The van der Waals surface area contributed by atoms with Crippen molar-refractivity contribution in [2.24, 2.45) is 7.05 Å². The van der Waals surface area contributed by atoms with E-state index < -0.39 is 17.7 Å². The molecule has 0 aliphatic carbocycles. The number of rotatable bonds is 3. The Morgan fingerprint density at radius 1 is 0.882 bits per heavy atom. The van der Waals surface area contributed by atoms with Gasteiger partial charge in [0.2, 0.25) is 0 Å². The van der Waals surface area contributed by atoms with E-state index in [-0.39, 0.29) is 11.3 Å². The summed E-state index contributed by atoms with van der Waals surface area (Å²) in [4.78, 5) is 28.4. The average molecular weight is 451 g/mol. The van der Waals surface area contributed by atoms with Crippen LogP contribution in [0, 0.1) is 20.8 Å². The smallest absolute Gasteiger partial charge is 0.300 e. The fourth-order valence-corrected chi connectivity index (χ4v) is 4.73. The van der Waals surface area contributed by atoms with Gasteiger partial charge in [-0.2, -0.15) is 0 Å². The number of anilines is 1. The van der Waals surface area contributed by atoms with Crippen LogP contribution in [-0.4, -0.2) is 21.4 Å². The van der Waals surface area contributed by atoms with E-state index >= 15 is 0 Å². The number of amides is 1. The van der Waals surface area contributed by atoms with Crippen LogP contribution in [-0.2, 0) is 16.6 Å². The van der Waals surface area contributed by atoms with E-state index in [4.69, 9.17) is 0 Å². The predicted octanol–water partition coefficient (Wildman–Crippen LogP) is 5.73. The molecule has 5 heteroatoms. The number of benzene rings is 3. The first-order valence-corrected chi connectivity index (χ1v) is 11.3. The minimum absolute atomic E-state index is 0.100. The highest BCUT2D eigenvalue weighted by Gasteiger charge is 2.47. The Morgan fingerprint density at radius 3 is 2.29 bits per heavy atom. The molecule has 1 unspecified atom stereocenters. The fraction of sp³-hybridized carbons (Fsp3) is 0.172. The minimum Gasteiger partial charge on any atom is -0.507 e. The Balaban J connectivity index is 1.81. The number of aliphatic hydroxyl groups is 1. The van der Waals surface area contributed by atoms with Gasteiger partial charge in [-0.05, 0) is 50.1 Å². The van der Waals surface area contributed by atoms with Crippen molar-refractivity contribution < 1.29 is 14.7 Å². The molecule has 0 saturated carbocycles. The second kappa shape index (κ2) is 8.03. The Morgan fingerprint density at radius 2 is 1.59 bits per heavy atom. The SMILES string of the molecule is Cc1ccc(/C(O)=C2\C(=O)C(=O)N(c3ccc(C)c(C)c3)C2c2cn(C)c3ccccc23)cc1. The van der Waals surface area contributed by atoms with Crippen molar-refractivity contribution in [1.29, 1.82) is 0 Å². The van der Waals surface area contributed by atoms with Crippen LogP contribution in [0.5, 0.6) is 0 Å². The second-order valence-electron chi connectivity index (χ2n) is 9.02. The zero-order valence-electron chi connectivity index (χ0n) is 19.7. The molecule has 4 aromatic rings. The first-order chi connectivity index (χ1) is 16.3. The molecular weight excluding hydrogens is 424 g/mol. The molecule has 5 rings (SSSR count). The van der Waals surface area contributed by atoms with Gasteiger partial charge < -0.3 is 9.67 Å². The van der Waals surface area contributed by atoms with E-state index in [1.807, 2.05) is 93.2 Å². The number of carbonyl (C=O) groups excluding carboxylic acids is 2. The van der Waals surface area contributed by atoms with Gasteiger partial charge in [-0.25, -0.2) is 0 Å². The van der Waals surface area contributed by atoms with Crippen LogP contribution < -0.4 is 4.90 Å². The fourth-order valence-electron chi connectivity index (χ4n) is 4.73. The van der Waals surface area contributed by atoms with Crippen molar-refractivity contribution in [3.05, 3.63) is 106 Å². The molecule has 1 aliphatic heterocycles. The molecule has 1 saturated heterocycles. The van der Waals surface area contributed by atoms with E-state index in [0.29, 0.717) is 11.3 Å². The molecule has 0 spiro atoms. The number of Topliss-reactive ketones (excluding diaryl/α,β-unsaturated/α-hetero) is 1. The first kappa shape index (κ1) is 21.7. The highest BCUT2D eigenvalue weighted by Crippen LogP contribution is 2.44. The molecule has 1 aliphatic rings. The van der Waals surface area contributed by atoms with E-state index in [1.165, 1.54) is 4.90 Å². The van der Waals surface area contributed by atoms with Crippen LogP contribution in [0.2, 0.25) is 0 Å². The maximum atomic E-state index is 13.5. The third-order valence-corrected chi connectivity index (χ3v) is 6.76. The minimum atomic E-state index is -0.755. The topological polar surface area (TPSA) is 62.5 Å². The number of aromatic nitrogens is 1. The summed E-state index contributed by atoms with van der Waals surface area (Å²) in [6.07, 6.45) is 1.94. The van der Waals surface area contributed by atoms with Crippen molar-refractivity contribution in [3.63, 3.8) is 0 Å². The van der Waals surface area contributed by atoms with Gasteiger partial charge in [-0.15, -0.1) is 0 Å². The van der Waals surface area contributed by atoms with Gasteiger partial charge in [0, 0.05) is 41.0 Å². The summed E-state index contributed by atoms with van der Waals surface area (Å²) in [5, 5.41) is 12.3. The van der Waals surface area contributed by atoms with Crippen LogP contribution in [0.1, 0.15) is 33.9 Å². The van der Waals surface area contributed by atoms with E-state index in [1.54, 1.807) is 12.1 Å². The van der Waals surface area contributed by atoms with Crippen LogP contribution in [0.15, 0.2) is 78.5 Å². The number of para-hydroxylation sites is 1. The number of nitrogens with zero attached hydrogens (tertiary/aromatic N) is 2. The molecule has 1 N–H and O–H groups in total. The highest BCUT2D eigenvalue weighted by atomic mass is 16.3. The lowest BCUT2D eigenvalue weighted by Gasteiger charge is -2.25. The van der Waals surface area contributed by atoms with Gasteiger partial charge in [-0.3, -0.25) is 14.5 Å². The Bertz CT molecular complexity index is 1490. The number of aryl methyl sites for hydroxylation is 4. The van der Waals surface area contributed by atoms with Gasteiger partial charge in [0.25, 0.3) is 11.7 Å². The molecule has 170 valence electrons. The van der Waals surface area contributed by atoms with Crippen LogP contribution in [0.3, 0.4) is 0 Å². The standard InChI is InChI=1S/C29H26N2O3/c1-17-9-12-20(13-10-17)27(32)25-26(23-16-30(4)24-8-6-5-7-22(23)24)31(29(34)28(25)33)21-14-11-18(2)19(3)15-21/h5-16,26,32H,1-4H3/b27-25+. The van der Waals surface area contributed by atoms with Crippen molar-refractivity contribution in [1.82, 2.24) is 4.57 Å². The summed E-state index contributed by atoms with van der Waals surface area (Å²) in [7, 11) is 1.94. The third kappa shape index (κ3) is 3.32. The van der Waals surface area contributed by atoms with Crippen LogP contribution in [0.25, 0.3) is 16.7 Å². The van der Waals surface area contributed by atoms with Gasteiger partial charge in [0.05, 0.1) is 11.6 Å². The molecule has 1 atom stereocenters. The molecule has 3 aromatic carbocycles. The average Bonchev–Trinajstić information content (AvgIpc) is 3.29. The Labute approximate surface area is 198 Å². The maximum absolute atomic E-state index is 13.5. The highest BCUT2D eigenvalue weighted by molar-refractivity contribution is 6.51. The van der Waals surface area contributed by atoms with Crippen molar-refractivity contribution >= 4 is 34.0 Å². The van der Waals surface area contributed by atoms with Crippen molar-refractivity contribution in [2.45, 2.75) is 26.8 Å². The summed E-state index contributed by atoms with van der Waals surface area (Å²) in [6.45, 7) is 5.94. The summed E-state index contributed by atoms with van der Waals surface area (Å²) in [5.74, 6) is -1.49. The molecular formula is C29H26N2O3. The number of fused-ring (bicyclic) bond motifs is 1. The summed E-state index contributed by atoms with van der Waals surface area (Å²) in [5.41, 5.74) is 6.18. The zero-order chi connectivity index (χ0) is 24.1. The predicted molar refractivity (Wildman–Crippen MR) is 135 cm³/mol. The van der Waals surface area contributed by atoms with Crippen LogP contribution >= 0.6 is 0 Å². The van der Waals surface area contributed by atoms with Crippen molar-refractivity contribution in [3.8, 4) is 0 Å². The quantitative estimate of drug-likeness (QED) is 0.246. The monoisotopic (exact) mass is 450 g/mol. The van der Waals surface area contributed by atoms with Gasteiger partial charge in [-0.1, -0.05) is 54.1 Å².